The van der Waals surface area contributed by atoms with Gasteiger partial charge in [0.2, 0.25) is 0 Å². The van der Waals surface area contributed by atoms with Gasteiger partial charge in [-0.1, -0.05) is 11.6 Å². The lowest BCUT2D eigenvalue weighted by Crippen LogP contribution is -2.27. The van der Waals surface area contributed by atoms with Gasteiger partial charge in [0.25, 0.3) is 11.6 Å². The van der Waals surface area contributed by atoms with E-state index in [-0.39, 0.29) is 22.0 Å². The Morgan fingerprint density at radius 2 is 2.25 bits per heavy atom. The van der Waals surface area contributed by atoms with Crippen LogP contribution < -0.4 is 16.6 Å². The summed E-state index contributed by atoms with van der Waals surface area (Å²) < 4.78 is 5.07. The summed E-state index contributed by atoms with van der Waals surface area (Å²) in [6.45, 7) is 3.04. The van der Waals surface area contributed by atoms with Crippen molar-refractivity contribution in [2.45, 2.75) is 6.92 Å². The zero-order valence-corrected chi connectivity index (χ0v) is 11.6. The van der Waals surface area contributed by atoms with Crippen molar-refractivity contribution in [2.24, 2.45) is 5.84 Å². The van der Waals surface area contributed by atoms with Crippen LogP contribution in [0.1, 0.15) is 17.3 Å². The topological polar surface area (TPSA) is 120 Å². The van der Waals surface area contributed by atoms with Gasteiger partial charge in [-0.15, -0.1) is 0 Å². The molecule has 0 aromatic heterocycles. The van der Waals surface area contributed by atoms with Crippen LogP contribution in [0.15, 0.2) is 12.1 Å². The molecule has 0 aliphatic heterocycles. The quantitative estimate of drug-likeness (QED) is 0.302. The van der Waals surface area contributed by atoms with Crippen molar-refractivity contribution >= 4 is 28.9 Å². The second-order valence-corrected chi connectivity index (χ2v) is 4.11. The summed E-state index contributed by atoms with van der Waals surface area (Å²) in [4.78, 5) is 22.1. The van der Waals surface area contributed by atoms with Crippen molar-refractivity contribution in [3.63, 3.8) is 0 Å². The number of nitrogens with two attached hydrogens (primary N) is 1. The van der Waals surface area contributed by atoms with Gasteiger partial charge >= 0.3 is 0 Å². The van der Waals surface area contributed by atoms with Crippen LogP contribution in [-0.4, -0.2) is 30.6 Å². The monoisotopic (exact) mass is 302 g/mol. The van der Waals surface area contributed by atoms with Crippen molar-refractivity contribution in [2.75, 3.05) is 25.2 Å². The Labute approximate surface area is 120 Å². The molecule has 1 aromatic carbocycles. The number of nitrogens with one attached hydrogen (secondary N) is 2. The number of carbonyl (C=O) groups excluding carboxylic acids is 1. The molecule has 1 rings (SSSR count). The fourth-order valence-electron chi connectivity index (χ4n) is 1.49. The Morgan fingerprint density at radius 3 is 2.80 bits per heavy atom. The molecule has 0 saturated carbocycles. The molecule has 0 fully saturated rings. The molecule has 4 N–H and O–H groups in total. The molecule has 1 amide bonds. The first-order valence-corrected chi connectivity index (χ1v) is 6.19. The Kier molecular flexibility index (Phi) is 6.16. The molecule has 110 valence electrons. The van der Waals surface area contributed by atoms with Gasteiger partial charge < -0.3 is 15.5 Å². The lowest BCUT2D eigenvalue weighted by molar-refractivity contribution is -0.384. The highest BCUT2D eigenvalue weighted by molar-refractivity contribution is 6.34. The zero-order valence-electron chi connectivity index (χ0n) is 10.8. The molecule has 8 nitrogen and oxygen atoms in total. The predicted molar refractivity (Wildman–Crippen MR) is 74.7 cm³/mol. The number of ether oxygens (including phenoxy) is 1. The van der Waals surface area contributed by atoms with Crippen molar-refractivity contribution in [3.8, 4) is 0 Å². The molecule has 0 heterocycles. The number of carbonyl (C=O) groups is 1. The van der Waals surface area contributed by atoms with E-state index in [1.165, 1.54) is 6.07 Å². The molecular weight excluding hydrogens is 288 g/mol. The molecule has 20 heavy (non-hydrogen) atoms. The van der Waals surface area contributed by atoms with E-state index in [1.807, 2.05) is 6.92 Å². The summed E-state index contributed by atoms with van der Waals surface area (Å²) in [5, 5.41) is 13.5. The molecular formula is C11H15ClN4O4. The largest absolute Gasteiger partial charge is 0.380 e. The summed E-state index contributed by atoms with van der Waals surface area (Å²) >= 11 is 5.85. The highest BCUT2D eigenvalue weighted by Crippen LogP contribution is 2.32. The molecule has 0 spiro atoms. The first-order valence-electron chi connectivity index (χ1n) is 5.81. The van der Waals surface area contributed by atoms with Gasteiger partial charge in [0, 0.05) is 24.8 Å². The average molecular weight is 303 g/mol. The number of halogens is 1. The summed E-state index contributed by atoms with van der Waals surface area (Å²) in [6, 6.07) is 2.41. The molecule has 0 aliphatic rings. The van der Waals surface area contributed by atoms with E-state index in [0.717, 1.165) is 6.07 Å². The van der Waals surface area contributed by atoms with Gasteiger partial charge in [-0.3, -0.25) is 20.8 Å². The molecule has 0 unspecified atom stereocenters. The van der Waals surface area contributed by atoms with Crippen LogP contribution in [0.5, 0.6) is 0 Å². The predicted octanol–water partition coefficient (Wildman–Crippen LogP) is 1.30. The van der Waals surface area contributed by atoms with E-state index >= 15 is 0 Å². The second-order valence-electron chi connectivity index (χ2n) is 3.71. The summed E-state index contributed by atoms with van der Waals surface area (Å²) in [6.07, 6.45) is 0. The van der Waals surface area contributed by atoms with Gasteiger partial charge in [0.1, 0.15) is 5.69 Å². The maximum atomic E-state index is 11.8. The van der Waals surface area contributed by atoms with Crippen molar-refractivity contribution in [3.05, 3.63) is 32.8 Å². The Hall–Kier alpha value is -1.90. The van der Waals surface area contributed by atoms with Gasteiger partial charge in [-0.05, 0) is 13.0 Å². The first-order chi connectivity index (χ1) is 9.51. The third kappa shape index (κ3) is 4.05. The lowest BCUT2D eigenvalue weighted by Gasteiger charge is -2.08. The normalized spacial score (nSPS) is 10.2. The number of rotatable bonds is 7. The number of nitro benzene ring substituents is 1. The molecule has 9 heteroatoms. The number of nitrogens with zero attached hydrogens (tertiary/aromatic N) is 1. The third-order valence-electron chi connectivity index (χ3n) is 2.41. The summed E-state index contributed by atoms with van der Waals surface area (Å²) in [5.41, 5.74) is 1.82. The summed E-state index contributed by atoms with van der Waals surface area (Å²) in [5.74, 6) is 4.70. The SMILES string of the molecule is CCOCCNC(=O)c1cc(Cl)c(NN)c([N+](=O)[O-])c1. The highest BCUT2D eigenvalue weighted by Gasteiger charge is 2.20. The van der Waals surface area contributed by atoms with Crippen LogP contribution in [0.4, 0.5) is 11.4 Å². The number of nitrogen functional groups attached to an aromatic ring is 1. The van der Waals surface area contributed by atoms with Crippen LogP contribution in [0.3, 0.4) is 0 Å². The maximum absolute atomic E-state index is 11.8. The number of hydrazine groups is 1. The summed E-state index contributed by atoms with van der Waals surface area (Å²) in [7, 11) is 0. The van der Waals surface area contributed by atoms with Crippen LogP contribution >= 0.6 is 11.6 Å². The van der Waals surface area contributed by atoms with E-state index in [2.05, 4.69) is 10.7 Å². The molecule has 1 aromatic rings. The van der Waals surface area contributed by atoms with Gasteiger partial charge in [0.15, 0.2) is 0 Å². The Bertz CT molecular complexity index is 509. The van der Waals surface area contributed by atoms with Crippen molar-refractivity contribution in [1.29, 1.82) is 0 Å². The molecule has 0 aliphatic carbocycles. The van der Waals surface area contributed by atoms with Crippen molar-refractivity contribution < 1.29 is 14.5 Å². The fourth-order valence-corrected chi connectivity index (χ4v) is 1.76. The minimum atomic E-state index is -0.669. The van der Waals surface area contributed by atoms with E-state index in [4.69, 9.17) is 22.2 Å². The number of amides is 1. The molecule has 0 radical (unpaired) electrons. The third-order valence-corrected chi connectivity index (χ3v) is 2.71. The number of anilines is 1. The van der Waals surface area contributed by atoms with Gasteiger partial charge in [-0.2, -0.15) is 0 Å². The smallest absolute Gasteiger partial charge is 0.295 e. The molecule has 0 atom stereocenters. The zero-order chi connectivity index (χ0) is 15.1. The van der Waals surface area contributed by atoms with Gasteiger partial charge in [0.05, 0.1) is 16.6 Å². The molecule has 0 bridgehead atoms. The van der Waals surface area contributed by atoms with Gasteiger partial charge in [-0.25, -0.2) is 0 Å². The van der Waals surface area contributed by atoms with E-state index < -0.39 is 10.8 Å². The van der Waals surface area contributed by atoms with Crippen LogP contribution in [0, 0.1) is 10.1 Å². The lowest BCUT2D eigenvalue weighted by atomic mass is 10.1. The van der Waals surface area contributed by atoms with Crippen LogP contribution in [-0.2, 0) is 4.74 Å². The van der Waals surface area contributed by atoms with E-state index in [1.54, 1.807) is 0 Å². The number of hydrogen-bond donors (Lipinski definition) is 3. The minimum absolute atomic E-state index is 0.00309. The maximum Gasteiger partial charge on any atom is 0.295 e. The Balaban J connectivity index is 2.90. The second kappa shape index (κ2) is 7.63. The highest BCUT2D eigenvalue weighted by atomic mass is 35.5. The Morgan fingerprint density at radius 1 is 1.55 bits per heavy atom. The fraction of sp³-hybridized carbons (Fsp3) is 0.364. The van der Waals surface area contributed by atoms with E-state index in [0.29, 0.717) is 19.8 Å². The van der Waals surface area contributed by atoms with Crippen LogP contribution in [0.25, 0.3) is 0 Å². The standard InChI is InChI=1S/C11H15ClN4O4/c1-2-20-4-3-14-11(17)7-5-8(12)10(15-13)9(6-7)16(18)19/h5-6,15H,2-4,13H2,1H3,(H,14,17). The number of benzene rings is 1. The van der Waals surface area contributed by atoms with Crippen LogP contribution in [0.2, 0.25) is 5.02 Å². The number of hydrogen-bond acceptors (Lipinski definition) is 6. The molecule has 0 saturated heterocycles. The van der Waals surface area contributed by atoms with Crippen molar-refractivity contribution in [1.82, 2.24) is 5.32 Å². The number of nitro groups is 1. The first kappa shape index (κ1) is 16.2. The van der Waals surface area contributed by atoms with E-state index in [9.17, 15) is 14.9 Å². The minimum Gasteiger partial charge on any atom is -0.380 e. The average Bonchev–Trinajstić information content (AvgIpc) is 2.42.